The molecule has 9 nitrogen and oxygen atoms in total. The summed E-state index contributed by atoms with van der Waals surface area (Å²) in [4.78, 5) is 0. The fourth-order valence-corrected chi connectivity index (χ4v) is 4.11. The second-order valence-corrected chi connectivity index (χ2v) is 7.65. The van der Waals surface area contributed by atoms with Gasteiger partial charge in [0.25, 0.3) is 0 Å². The van der Waals surface area contributed by atoms with Crippen LogP contribution < -0.4 is 45.0 Å². The van der Waals surface area contributed by atoms with E-state index in [1.54, 1.807) is 21.3 Å². The van der Waals surface area contributed by atoms with Crippen molar-refractivity contribution in [2.45, 2.75) is 19.1 Å². The molecule has 2 aromatic rings. The molecule has 4 N–H and O–H groups in total. The zero-order valence-electron chi connectivity index (χ0n) is 17.7. The van der Waals surface area contributed by atoms with Crippen LogP contribution in [0.2, 0.25) is 0 Å². The van der Waals surface area contributed by atoms with Gasteiger partial charge in [0.2, 0.25) is 12.5 Å². The Hall–Kier alpha value is -3.11. The predicted molar refractivity (Wildman–Crippen MR) is 117 cm³/mol. The third kappa shape index (κ3) is 3.84. The number of fused-ring (bicyclic) bond motifs is 2. The third-order valence-electron chi connectivity index (χ3n) is 5.48. The molecule has 0 aliphatic carbocycles. The highest BCUT2D eigenvalue weighted by Crippen LogP contribution is 2.51. The standard InChI is InChI=1S/C21H25N3O6S/c1-10-18(11-5-16(25-2)19(27-4)17(6-11)26-3)12-7-14-15(29-9-28-14)8-13(12)30-20(10)23-24-21(22)31/h5-8,10,18,20,23H,9H2,1-4H3,(H3,22,24,31)/t10-,18+,20-/m1/s1. The van der Waals surface area contributed by atoms with E-state index in [9.17, 15) is 0 Å². The van der Waals surface area contributed by atoms with E-state index in [0.717, 1.165) is 11.1 Å². The summed E-state index contributed by atoms with van der Waals surface area (Å²) >= 11 is 4.93. The Kier molecular flexibility index (Phi) is 5.84. The average molecular weight is 448 g/mol. The zero-order chi connectivity index (χ0) is 22.1. The first-order valence-corrected chi connectivity index (χ1v) is 10.1. The van der Waals surface area contributed by atoms with Crippen molar-refractivity contribution in [2.24, 2.45) is 11.7 Å². The van der Waals surface area contributed by atoms with Gasteiger partial charge in [-0.15, -0.1) is 0 Å². The number of hydrogen-bond acceptors (Lipinski definition) is 8. The van der Waals surface area contributed by atoms with Crippen LogP contribution >= 0.6 is 12.2 Å². The number of hydrazine groups is 1. The Morgan fingerprint density at radius 2 is 1.65 bits per heavy atom. The van der Waals surface area contributed by atoms with Crippen LogP contribution in [0.1, 0.15) is 24.0 Å². The molecule has 2 aliphatic rings. The Morgan fingerprint density at radius 1 is 1.00 bits per heavy atom. The molecule has 0 amide bonds. The minimum Gasteiger partial charge on any atom is -0.493 e. The smallest absolute Gasteiger partial charge is 0.231 e. The van der Waals surface area contributed by atoms with Crippen LogP contribution in [0.4, 0.5) is 0 Å². The van der Waals surface area contributed by atoms with Gasteiger partial charge in [0.15, 0.2) is 34.3 Å². The summed E-state index contributed by atoms with van der Waals surface area (Å²) < 4.78 is 34.0. The molecular weight excluding hydrogens is 422 g/mol. The summed E-state index contributed by atoms with van der Waals surface area (Å²) in [5.74, 6) is 3.52. The Morgan fingerprint density at radius 3 is 2.23 bits per heavy atom. The molecule has 4 rings (SSSR count). The van der Waals surface area contributed by atoms with Gasteiger partial charge in [0.05, 0.1) is 21.3 Å². The highest BCUT2D eigenvalue weighted by Gasteiger charge is 2.39. The second kappa shape index (κ2) is 8.56. The Labute approximate surface area is 185 Å². The molecule has 10 heteroatoms. The van der Waals surface area contributed by atoms with Crippen LogP contribution in [-0.2, 0) is 0 Å². The number of rotatable bonds is 6. The van der Waals surface area contributed by atoms with E-state index >= 15 is 0 Å². The second-order valence-electron chi connectivity index (χ2n) is 7.21. The SMILES string of the molecule is COc1cc([C@H]2c3cc4c(cc3O[C@@H](NNC(N)=S)[C@@H]2C)OCO4)cc(OC)c1OC. The van der Waals surface area contributed by atoms with E-state index in [1.807, 2.05) is 24.3 Å². The lowest BCUT2D eigenvalue weighted by Gasteiger charge is -2.38. The lowest BCUT2D eigenvalue weighted by Crippen LogP contribution is -2.54. The summed E-state index contributed by atoms with van der Waals surface area (Å²) in [6, 6.07) is 7.68. The van der Waals surface area contributed by atoms with Gasteiger partial charge < -0.3 is 34.2 Å². The van der Waals surface area contributed by atoms with Gasteiger partial charge in [-0.25, -0.2) is 0 Å². The van der Waals surface area contributed by atoms with E-state index in [1.165, 1.54) is 0 Å². The summed E-state index contributed by atoms with van der Waals surface area (Å²) in [6.45, 7) is 2.24. The molecule has 166 valence electrons. The van der Waals surface area contributed by atoms with Gasteiger partial charge in [0.1, 0.15) is 5.75 Å². The van der Waals surface area contributed by atoms with Crippen LogP contribution in [0.15, 0.2) is 24.3 Å². The topological polar surface area (TPSA) is 105 Å². The first-order chi connectivity index (χ1) is 15.0. The van der Waals surface area contributed by atoms with E-state index in [-0.39, 0.29) is 23.7 Å². The lowest BCUT2D eigenvalue weighted by atomic mass is 9.78. The maximum absolute atomic E-state index is 6.22. The fraction of sp³-hybridized carbons (Fsp3) is 0.381. The molecule has 0 fully saturated rings. The van der Waals surface area contributed by atoms with Gasteiger partial charge in [-0.2, -0.15) is 5.43 Å². The van der Waals surface area contributed by atoms with Crippen LogP contribution in [0.25, 0.3) is 0 Å². The molecule has 0 unspecified atom stereocenters. The molecule has 0 aromatic heterocycles. The molecule has 0 saturated heterocycles. The number of benzene rings is 2. The summed E-state index contributed by atoms with van der Waals surface area (Å²) in [5, 5.41) is 0.122. The number of ether oxygens (including phenoxy) is 6. The van der Waals surface area contributed by atoms with Crippen molar-refractivity contribution in [3.05, 3.63) is 35.4 Å². The molecular formula is C21H25N3O6S. The molecule has 3 atom stereocenters. The van der Waals surface area contributed by atoms with Crippen LogP contribution in [-0.4, -0.2) is 39.5 Å². The van der Waals surface area contributed by atoms with Crippen LogP contribution in [0.5, 0.6) is 34.5 Å². The van der Waals surface area contributed by atoms with Crippen molar-refractivity contribution < 1.29 is 28.4 Å². The first kappa shape index (κ1) is 21.1. The van der Waals surface area contributed by atoms with E-state index in [0.29, 0.717) is 34.5 Å². The van der Waals surface area contributed by atoms with Crippen LogP contribution in [0, 0.1) is 5.92 Å². The van der Waals surface area contributed by atoms with Gasteiger partial charge in [-0.05, 0) is 36.0 Å². The maximum Gasteiger partial charge on any atom is 0.231 e. The predicted octanol–water partition coefficient (Wildman–Crippen LogP) is 2.27. The summed E-state index contributed by atoms with van der Waals surface area (Å²) in [7, 11) is 4.77. The average Bonchev–Trinajstić information content (AvgIpc) is 3.22. The van der Waals surface area contributed by atoms with Gasteiger partial charge in [-0.1, -0.05) is 6.92 Å². The molecule has 2 heterocycles. The first-order valence-electron chi connectivity index (χ1n) is 9.67. The van der Waals surface area contributed by atoms with Gasteiger partial charge in [0, 0.05) is 23.5 Å². The van der Waals surface area contributed by atoms with E-state index in [4.69, 9.17) is 46.4 Å². The van der Waals surface area contributed by atoms with Crippen molar-refractivity contribution in [1.29, 1.82) is 0 Å². The third-order valence-corrected chi connectivity index (χ3v) is 5.58. The highest BCUT2D eigenvalue weighted by atomic mass is 32.1. The number of nitrogens with one attached hydrogen (secondary N) is 2. The summed E-state index contributed by atoms with van der Waals surface area (Å²) in [6.07, 6.45) is -0.432. The van der Waals surface area contributed by atoms with Crippen molar-refractivity contribution in [1.82, 2.24) is 10.9 Å². The van der Waals surface area contributed by atoms with Gasteiger partial charge in [-0.3, -0.25) is 5.43 Å². The molecule has 2 aromatic carbocycles. The lowest BCUT2D eigenvalue weighted by molar-refractivity contribution is 0.0725. The largest absolute Gasteiger partial charge is 0.493 e. The molecule has 0 saturated carbocycles. The molecule has 0 bridgehead atoms. The van der Waals surface area contributed by atoms with Crippen molar-refractivity contribution in [3.63, 3.8) is 0 Å². The van der Waals surface area contributed by atoms with Crippen molar-refractivity contribution in [3.8, 4) is 34.5 Å². The normalized spacial score (nSPS) is 21.0. The van der Waals surface area contributed by atoms with E-state index < -0.39 is 6.23 Å². The quantitative estimate of drug-likeness (QED) is 0.451. The Bertz CT molecular complexity index is 976. The molecule has 2 aliphatic heterocycles. The minimum atomic E-state index is -0.432. The van der Waals surface area contributed by atoms with E-state index in [2.05, 4.69) is 17.8 Å². The monoisotopic (exact) mass is 447 g/mol. The number of thiocarbonyl (C=S) groups is 1. The number of hydrogen-bond donors (Lipinski definition) is 3. The Balaban J connectivity index is 1.84. The maximum atomic E-state index is 6.22. The molecule has 31 heavy (non-hydrogen) atoms. The minimum absolute atomic E-state index is 0.0440. The number of nitrogens with two attached hydrogens (primary N) is 1. The molecule has 0 spiro atoms. The van der Waals surface area contributed by atoms with Crippen molar-refractivity contribution in [2.75, 3.05) is 28.1 Å². The molecule has 0 radical (unpaired) electrons. The van der Waals surface area contributed by atoms with Gasteiger partial charge >= 0.3 is 0 Å². The highest BCUT2D eigenvalue weighted by molar-refractivity contribution is 7.80. The number of methoxy groups -OCH3 is 3. The van der Waals surface area contributed by atoms with Crippen LogP contribution in [0.3, 0.4) is 0 Å². The van der Waals surface area contributed by atoms with Crippen molar-refractivity contribution >= 4 is 17.3 Å². The fourth-order valence-electron chi connectivity index (χ4n) is 4.05. The zero-order valence-corrected chi connectivity index (χ0v) is 18.5. The summed E-state index contributed by atoms with van der Waals surface area (Å²) in [5.41, 5.74) is 13.4.